The number of rotatable bonds is 6. The van der Waals surface area contributed by atoms with Crippen LogP contribution in [-0.2, 0) is 14.8 Å². The van der Waals surface area contributed by atoms with Gasteiger partial charge >= 0.3 is 5.97 Å². The van der Waals surface area contributed by atoms with Crippen LogP contribution in [0, 0.1) is 11.8 Å². The summed E-state index contributed by atoms with van der Waals surface area (Å²) in [7, 11) is -4.02. The molecule has 2 aromatic carbocycles. The number of carboxylic acid groups (broad SMARTS) is 1. The van der Waals surface area contributed by atoms with Crippen LogP contribution < -0.4 is 9.46 Å². The van der Waals surface area contributed by atoms with Gasteiger partial charge in [-0.25, -0.2) is 13.2 Å². The third kappa shape index (κ3) is 6.26. The van der Waals surface area contributed by atoms with Gasteiger partial charge in [0.1, 0.15) is 10.6 Å². The first kappa shape index (κ1) is 25.7. The van der Waals surface area contributed by atoms with Crippen LogP contribution in [0.2, 0.25) is 0 Å². The Bertz CT molecular complexity index is 1610. The highest BCUT2D eigenvalue weighted by molar-refractivity contribution is 7.93. The number of fused-ring (bicyclic) bond motifs is 1. The van der Waals surface area contributed by atoms with E-state index >= 15 is 0 Å². The molecule has 0 aliphatic heterocycles. The highest BCUT2D eigenvalue weighted by Crippen LogP contribution is 2.30. The van der Waals surface area contributed by atoms with E-state index < -0.39 is 16.0 Å². The summed E-state index contributed by atoms with van der Waals surface area (Å²) in [6.45, 7) is 3.80. The van der Waals surface area contributed by atoms with Gasteiger partial charge in [0.05, 0.1) is 17.3 Å². The monoisotopic (exact) mass is 514 g/mol. The summed E-state index contributed by atoms with van der Waals surface area (Å²) in [5, 5.41) is 9.87. The topological polar surface area (TPSA) is 106 Å². The number of para-hydroxylation sites is 2. The quantitative estimate of drug-likeness (QED) is 0.423. The van der Waals surface area contributed by atoms with Crippen LogP contribution in [0.5, 0.6) is 5.75 Å². The Kier molecular flexibility index (Phi) is 7.75. The van der Waals surface area contributed by atoms with Crippen molar-refractivity contribution in [2.75, 3.05) is 4.72 Å². The fourth-order valence-electron chi connectivity index (χ4n) is 3.76. The number of allylic oxidation sites excluding steroid dienone is 5. The average Bonchev–Trinajstić information content (AvgIpc) is 2.83. The molecule has 0 spiro atoms. The second-order valence-corrected chi connectivity index (χ2v) is 10.2. The SMILES string of the molecule is CC(C)Oc1ccnc2c(S(=O)(=O)Nc3ccccc3C#CC3=C/C=C(/C(=O)O)CCC=C3)cccc12. The van der Waals surface area contributed by atoms with Gasteiger partial charge in [-0.05, 0) is 63.1 Å². The van der Waals surface area contributed by atoms with Crippen LogP contribution in [-0.4, -0.2) is 30.6 Å². The molecule has 0 saturated heterocycles. The predicted octanol–water partition coefficient (Wildman–Crippen LogP) is 5.46. The number of carboxylic acids is 1. The summed E-state index contributed by atoms with van der Waals surface area (Å²) in [5.74, 6) is 5.62. The van der Waals surface area contributed by atoms with Gasteiger partial charge in [-0.3, -0.25) is 9.71 Å². The van der Waals surface area contributed by atoms with Crippen molar-refractivity contribution in [2.45, 2.75) is 37.7 Å². The molecule has 7 nitrogen and oxygen atoms in total. The van der Waals surface area contributed by atoms with Crippen LogP contribution in [0.25, 0.3) is 10.9 Å². The fraction of sp³-hybridized carbons (Fsp3) is 0.172. The van der Waals surface area contributed by atoms with Crippen molar-refractivity contribution in [3.63, 3.8) is 0 Å². The molecule has 1 aliphatic rings. The maximum atomic E-state index is 13.5. The zero-order valence-electron chi connectivity index (χ0n) is 20.4. The highest BCUT2D eigenvalue weighted by Gasteiger charge is 2.21. The summed E-state index contributed by atoms with van der Waals surface area (Å²) >= 11 is 0. The number of nitrogens with one attached hydrogen (secondary N) is 1. The molecule has 0 amide bonds. The molecule has 2 N–H and O–H groups in total. The van der Waals surface area contributed by atoms with Gasteiger partial charge in [0.2, 0.25) is 0 Å². The number of ether oxygens (including phenoxy) is 1. The number of hydrogen-bond donors (Lipinski definition) is 2. The molecule has 8 heteroatoms. The Morgan fingerprint density at radius 3 is 2.68 bits per heavy atom. The molecule has 0 unspecified atom stereocenters. The van der Waals surface area contributed by atoms with Gasteiger partial charge in [0.15, 0.2) is 0 Å². The Hall–Kier alpha value is -4.35. The van der Waals surface area contributed by atoms with Crippen molar-refractivity contribution in [3.8, 4) is 17.6 Å². The van der Waals surface area contributed by atoms with Crippen molar-refractivity contribution in [1.82, 2.24) is 4.98 Å². The van der Waals surface area contributed by atoms with E-state index in [0.717, 1.165) is 0 Å². The summed E-state index contributed by atoms with van der Waals surface area (Å²) in [5.41, 5.74) is 2.03. The van der Waals surface area contributed by atoms with E-state index in [1.807, 2.05) is 26.0 Å². The molecule has 0 radical (unpaired) electrons. The van der Waals surface area contributed by atoms with Crippen LogP contribution in [0.4, 0.5) is 5.69 Å². The van der Waals surface area contributed by atoms with Crippen molar-refractivity contribution in [3.05, 3.63) is 95.7 Å². The number of aromatic nitrogens is 1. The Balaban J connectivity index is 1.68. The van der Waals surface area contributed by atoms with E-state index in [0.29, 0.717) is 51.9 Å². The lowest BCUT2D eigenvalue weighted by Gasteiger charge is -2.14. The van der Waals surface area contributed by atoms with E-state index in [9.17, 15) is 18.3 Å². The minimum Gasteiger partial charge on any atom is -0.490 e. The average molecular weight is 515 g/mol. The van der Waals surface area contributed by atoms with E-state index in [2.05, 4.69) is 21.5 Å². The number of hydrogen-bond acceptors (Lipinski definition) is 5. The van der Waals surface area contributed by atoms with E-state index in [1.165, 1.54) is 12.3 Å². The van der Waals surface area contributed by atoms with Crippen LogP contribution in [0.1, 0.15) is 32.3 Å². The minimum atomic E-state index is -4.02. The molecule has 1 heterocycles. The Labute approximate surface area is 216 Å². The first-order valence-corrected chi connectivity index (χ1v) is 13.2. The van der Waals surface area contributed by atoms with Gasteiger partial charge < -0.3 is 9.84 Å². The second-order valence-electron chi connectivity index (χ2n) is 8.59. The Morgan fingerprint density at radius 2 is 1.89 bits per heavy atom. The normalized spacial score (nSPS) is 15.0. The van der Waals surface area contributed by atoms with Gasteiger partial charge in [-0.1, -0.05) is 48.3 Å². The highest BCUT2D eigenvalue weighted by atomic mass is 32.2. The largest absolute Gasteiger partial charge is 0.490 e. The van der Waals surface area contributed by atoms with E-state index in [1.54, 1.807) is 54.6 Å². The van der Waals surface area contributed by atoms with Gasteiger partial charge in [0, 0.05) is 28.3 Å². The van der Waals surface area contributed by atoms with Gasteiger partial charge in [-0.2, -0.15) is 0 Å². The van der Waals surface area contributed by atoms with Crippen molar-refractivity contribution < 1.29 is 23.1 Å². The molecular formula is C29H26N2O5S. The zero-order valence-corrected chi connectivity index (χ0v) is 21.2. The number of aliphatic carboxylic acids is 1. The van der Waals surface area contributed by atoms with E-state index in [4.69, 9.17) is 4.74 Å². The molecule has 0 fully saturated rings. The molecule has 0 atom stereocenters. The summed E-state index contributed by atoms with van der Waals surface area (Å²) in [6, 6.07) is 13.5. The lowest BCUT2D eigenvalue weighted by molar-refractivity contribution is -0.132. The standard InChI is InChI=1S/C29H26N2O5S/c1-20(2)36-26-18-19-30-28-24(26)11-7-13-27(28)37(34,35)31-25-12-6-5-9-22(25)16-14-21-8-3-4-10-23(17-15-21)29(32)33/h3,5-9,11-13,15,17-20,31H,4,10H2,1-2H3,(H,32,33)/b8-3?,21-15?,23-17+. The van der Waals surface area contributed by atoms with Crippen LogP contribution in [0.3, 0.4) is 0 Å². The summed E-state index contributed by atoms with van der Waals surface area (Å²) < 4.78 is 35.4. The third-order valence-corrected chi connectivity index (χ3v) is 6.87. The van der Waals surface area contributed by atoms with Crippen molar-refractivity contribution in [1.29, 1.82) is 0 Å². The van der Waals surface area contributed by atoms with Gasteiger partial charge in [0.25, 0.3) is 10.0 Å². The Morgan fingerprint density at radius 1 is 1.08 bits per heavy atom. The molecule has 1 aromatic heterocycles. The molecular weight excluding hydrogens is 488 g/mol. The molecule has 0 bridgehead atoms. The van der Waals surface area contributed by atoms with Crippen molar-refractivity contribution >= 4 is 32.6 Å². The number of anilines is 1. The predicted molar refractivity (Wildman–Crippen MR) is 144 cm³/mol. The molecule has 188 valence electrons. The number of pyridine rings is 1. The molecule has 1 aliphatic carbocycles. The van der Waals surface area contributed by atoms with Crippen LogP contribution in [0.15, 0.2) is 95.1 Å². The second kappa shape index (κ2) is 11.1. The smallest absolute Gasteiger partial charge is 0.331 e. The molecule has 3 aromatic rings. The lowest BCUT2D eigenvalue weighted by Crippen LogP contribution is -2.15. The first-order valence-electron chi connectivity index (χ1n) is 11.7. The van der Waals surface area contributed by atoms with Crippen molar-refractivity contribution in [2.24, 2.45) is 0 Å². The molecule has 37 heavy (non-hydrogen) atoms. The number of carbonyl (C=O) groups is 1. The van der Waals surface area contributed by atoms with E-state index in [-0.39, 0.29) is 11.0 Å². The minimum absolute atomic E-state index is 0.0268. The molecule has 4 rings (SSSR count). The summed E-state index contributed by atoms with van der Waals surface area (Å²) in [6.07, 6.45) is 9.39. The zero-order chi connectivity index (χ0) is 26.4. The number of sulfonamides is 1. The number of nitrogens with zero attached hydrogens (tertiary/aromatic N) is 1. The maximum Gasteiger partial charge on any atom is 0.331 e. The number of benzene rings is 2. The maximum absolute atomic E-state index is 13.5. The fourth-order valence-corrected chi connectivity index (χ4v) is 5.01. The summed E-state index contributed by atoms with van der Waals surface area (Å²) in [4.78, 5) is 15.7. The van der Waals surface area contributed by atoms with Gasteiger partial charge in [-0.15, -0.1) is 0 Å². The lowest BCUT2D eigenvalue weighted by atomic mass is 10.0. The van der Waals surface area contributed by atoms with Crippen LogP contribution >= 0.6 is 0 Å². The first-order chi connectivity index (χ1) is 17.7. The molecule has 0 saturated carbocycles. The third-order valence-electron chi connectivity index (χ3n) is 5.48.